The number of hydrogen-bond acceptors (Lipinski definition) is 5. The van der Waals surface area contributed by atoms with E-state index in [0.717, 1.165) is 31.2 Å². The average molecular weight is 358 g/mol. The van der Waals surface area contributed by atoms with Crippen LogP contribution >= 0.6 is 11.3 Å². The molecule has 0 radical (unpaired) electrons. The highest BCUT2D eigenvalue weighted by Gasteiger charge is 2.26. The first kappa shape index (κ1) is 17.6. The third-order valence-corrected chi connectivity index (χ3v) is 5.53. The number of hydrogen-bond donors (Lipinski definition) is 1. The van der Waals surface area contributed by atoms with Gasteiger partial charge in [0, 0.05) is 22.8 Å². The molecule has 0 unspecified atom stereocenters. The maximum Gasteiger partial charge on any atom is 0.341 e. The summed E-state index contributed by atoms with van der Waals surface area (Å²) in [6.07, 6.45) is 9.55. The van der Waals surface area contributed by atoms with E-state index in [1.165, 1.54) is 29.1 Å². The molecule has 2 heterocycles. The highest BCUT2D eigenvalue weighted by atomic mass is 32.1. The van der Waals surface area contributed by atoms with Gasteiger partial charge in [0.15, 0.2) is 0 Å². The predicted molar refractivity (Wildman–Crippen MR) is 98.3 cm³/mol. The largest absolute Gasteiger partial charge is 0.462 e. The zero-order valence-electron chi connectivity index (χ0n) is 14.3. The fourth-order valence-corrected chi connectivity index (χ4v) is 4.38. The van der Waals surface area contributed by atoms with E-state index in [0.29, 0.717) is 22.7 Å². The molecule has 6 heteroatoms. The fourth-order valence-electron chi connectivity index (χ4n) is 3.11. The molecule has 0 saturated heterocycles. The maximum atomic E-state index is 12.5. The van der Waals surface area contributed by atoms with Crippen molar-refractivity contribution in [3.8, 4) is 0 Å². The molecule has 0 atom stereocenters. The Hall–Kier alpha value is -2.21. The van der Waals surface area contributed by atoms with Gasteiger partial charge in [0.2, 0.25) is 0 Å². The number of anilines is 1. The summed E-state index contributed by atoms with van der Waals surface area (Å²) in [5.74, 6) is -0.576. The summed E-state index contributed by atoms with van der Waals surface area (Å²) >= 11 is 1.51. The van der Waals surface area contributed by atoms with Crippen LogP contribution < -0.4 is 5.32 Å². The SMILES string of the molecule is CCOC(=O)c1c(NC(=O)c2ccncc2)sc2c1CCCCCC2. The number of aromatic nitrogens is 1. The molecule has 1 amide bonds. The number of rotatable bonds is 4. The lowest BCUT2D eigenvalue weighted by Gasteiger charge is -2.11. The van der Waals surface area contributed by atoms with Gasteiger partial charge in [-0.05, 0) is 50.3 Å². The lowest BCUT2D eigenvalue weighted by atomic mass is 9.96. The maximum absolute atomic E-state index is 12.5. The minimum absolute atomic E-state index is 0.234. The Bertz CT molecular complexity index is 756. The second-order valence-electron chi connectivity index (χ2n) is 6.03. The molecule has 1 N–H and O–H groups in total. The van der Waals surface area contributed by atoms with Gasteiger partial charge in [-0.15, -0.1) is 11.3 Å². The molecule has 132 valence electrons. The number of fused-ring (bicyclic) bond motifs is 1. The van der Waals surface area contributed by atoms with Gasteiger partial charge >= 0.3 is 5.97 Å². The van der Waals surface area contributed by atoms with Crippen LogP contribution in [0.2, 0.25) is 0 Å². The molecule has 5 nitrogen and oxygen atoms in total. The summed E-state index contributed by atoms with van der Waals surface area (Å²) in [4.78, 5) is 30.2. The van der Waals surface area contributed by atoms with Crippen molar-refractivity contribution in [2.75, 3.05) is 11.9 Å². The third-order valence-electron chi connectivity index (χ3n) is 4.32. The minimum Gasteiger partial charge on any atom is -0.462 e. The first-order valence-electron chi connectivity index (χ1n) is 8.73. The van der Waals surface area contributed by atoms with Crippen molar-refractivity contribution in [1.29, 1.82) is 0 Å². The van der Waals surface area contributed by atoms with E-state index >= 15 is 0 Å². The second-order valence-corrected chi connectivity index (χ2v) is 7.14. The summed E-state index contributed by atoms with van der Waals surface area (Å²) in [5, 5.41) is 3.52. The quantitative estimate of drug-likeness (QED) is 0.831. The van der Waals surface area contributed by atoms with Crippen LogP contribution in [0.4, 0.5) is 5.00 Å². The number of nitrogens with zero attached hydrogens (tertiary/aromatic N) is 1. The van der Waals surface area contributed by atoms with E-state index in [-0.39, 0.29) is 11.9 Å². The van der Waals surface area contributed by atoms with Gasteiger partial charge in [-0.1, -0.05) is 12.8 Å². The Morgan fingerprint density at radius 1 is 1.16 bits per heavy atom. The standard InChI is InChI=1S/C19H22N2O3S/c1-2-24-19(23)16-14-7-5-3-4-6-8-15(14)25-18(16)21-17(22)13-9-11-20-12-10-13/h9-12H,2-8H2,1H3,(H,21,22). The number of pyridine rings is 1. The molecular formula is C19H22N2O3S. The number of aryl methyl sites for hydroxylation is 1. The molecule has 0 saturated carbocycles. The van der Waals surface area contributed by atoms with Crippen molar-refractivity contribution in [2.24, 2.45) is 0 Å². The Balaban J connectivity index is 1.95. The summed E-state index contributed by atoms with van der Waals surface area (Å²) in [5.41, 5.74) is 2.13. The molecule has 0 aromatic carbocycles. The second kappa shape index (κ2) is 8.25. The molecule has 1 aliphatic rings. The first-order valence-corrected chi connectivity index (χ1v) is 9.55. The van der Waals surface area contributed by atoms with Crippen LogP contribution in [-0.2, 0) is 17.6 Å². The molecule has 2 aromatic rings. The van der Waals surface area contributed by atoms with E-state index < -0.39 is 0 Å². The molecule has 2 aromatic heterocycles. The predicted octanol–water partition coefficient (Wildman–Crippen LogP) is 4.23. The van der Waals surface area contributed by atoms with E-state index in [9.17, 15) is 9.59 Å². The van der Waals surface area contributed by atoms with Gasteiger partial charge in [-0.3, -0.25) is 9.78 Å². The summed E-state index contributed by atoms with van der Waals surface area (Å²) < 4.78 is 5.26. The molecular weight excluding hydrogens is 336 g/mol. The lowest BCUT2D eigenvalue weighted by molar-refractivity contribution is 0.0526. The highest BCUT2D eigenvalue weighted by Crippen LogP contribution is 2.37. The van der Waals surface area contributed by atoms with Crippen LogP contribution in [0.15, 0.2) is 24.5 Å². The summed E-state index contributed by atoms with van der Waals surface area (Å²) in [7, 11) is 0. The number of nitrogens with one attached hydrogen (secondary N) is 1. The van der Waals surface area contributed by atoms with Gasteiger partial charge in [0.1, 0.15) is 5.00 Å². The zero-order valence-corrected chi connectivity index (χ0v) is 15.2. The van der Waals surface area contributed by atoms with Crippen LogP contribution in [0.3, 0.4) is 0 Å². The normalized spacial score (nSPS) is 14.1. The van der Waals surface area contributed by atoms with Gasteiger partial charge in [-0.25, -0.2) is 4.79 Å². The van der Waals surface area contributed by atoms with Crippen molar-refractivity contribution in [1.82, 2.24) is 4.98 Å². The van der Waals surface area contributed by atoms with Crippen molar-refractivity contribution in [3.05, 3.63) is 46.1 Å². The Labute approximate surface area is 151 Å². The minimum atomic E-state index is -0.342. The van der Waals surface area contributed by atoms with Gasteiger partial charge in [-0.2, -0.15) is 0 Å². The topological polar surface area (TPSA) is 68.3 Å². The highest BCUT2D eigenvalue weighted by molar-refractivity contribution is 7.17. The van der Waals surface area contributed by atoms with Crippen LogP contribution in [0.25, 0.3) is 0 Å². The molecule has 0 spiro atoms. The number of amides is 1. The van der Waals surface area contributed by atoms with E-state index in [2.05, 4.69) is 10.3 Å². The number of thiophene rings is 1. The molecule has 0 bridgehead atoms. The van der Waals surface area contributed by atoms with Gasteiger partial charge in [0.25, 0.3) is 5.91 Å². The van der Waals surface area contributed by atoms with Gasteiger partial charge < -0.3 is 10.1 Å². The van der Waals surface area contributed by atoms with Crippen molar-refractivity contribution < 1.29 is 14.3 Å². The lowest BCUT2D eigenvalue weighted by Crippen LogP contribution is -2.15. The Kier molecular flexibility index (Phi) is 5.81. The molecule has 0 aliphatic heterocycles. The Morgan fingerprint density at radius 3 is 2.60 bits per heavy atom. The van der Waals surface area contributed by atoms with E-state index in [1.54, 1.807) is 31.5 Å². The first-order chi connectivity index (χ1) is 12.2. The van der Waals surface area contributed by atoms with Crippen molar-refractivity contribution >= 4 is 28.2 Å². The Morgan fingerprint density at radius 2 is 1.88 bits per heavy atom. The molecule has 0 fully saturated rings. The monoisotopic (exact) mass is 358 g/mol. The molecule has 25 heavy (non-hydrogen) atoms. The number of carbonyl (C=O) groups is 2. The third kappa shape index (κ3) is 4.07. The van der Waals surface area contributed by atoms with Crippen LogP contribution in [0, 0.1) is 0 Å². The van der Waals surface area contributed by atoms with Crippen LogP contribution in [0.1, 0.15) is 63.8 Å². The van der Waals surface area contributed by atoms with Crippen LogP contribution in [-0.4, -0.2) is 23.5 Å². The van der Waals surface area contributed by atoms with Gasteiger partial charge in [0.05, 0.1) is 12.2 Å². The molecule has 1 aliphatic carbocycles. The van der Waals surface area contributed by atoms with E-state index in [1.807, 2.05) is 0 Å². The number of ether oxygens (including phenoxy) is 1. The van der Waals surface area contributed by atoms with Crippen LogP contribution in [0.5, 0.6) is 0 Å². The average Bonchev–Trinajstić information content (AvgIpc) is 2.92. The summed E-state index contributed by atoms with van der Waals surface area (Å²) in [6, 6.07) is 3.31. The molecule has 3 rings (SSSR count). The zero-order chi connectivity index (χ0) is 17.6. The number of carbonyl (C=O) groups excluding carboxylic acids is 2. The van der Waals surface area contributed by atoms with E-state index in [4.69, 9.17) is 4.74 Å². The van der Waals surface area contributed by atoms with Crippen molar-refractivity contribution in [3.63, 3.8) is 0 Å². The smallest absolute Gasteiger partial charge is 0.341 e. The van der Waals surface area contributed by atoms with Crippen molar-refractivity contribution in [2.45, 2.75) is 45.4 Å². The summed E-state index contributed by atoms with van der Waals surface area (Å²) in [6.45, 7) is 2.12. The number of esters is 1. The fraction of sp³-hybridized carbons (Fsp3) is 0.421.